The molecule has 0 fully saturated rings. The summed E-state index contributed by atoms with van der Waals surface area (Å²) in [6.07, 6.45) is 18.3. The molecule has 0 bridgehead atoms. The number of hydrogen-bond acceptors (Lipinski definition) is 9. The molecule has 15 rings (SSSR count). The molecule has 3 aliphatic carbocycles. The van der Waals surface area contributed by atoms with Crippen molar-refractivity contribution in [1.82, 2.24) is 0 Å². The number of fused-ring (bicyclic) bond motifs is 9. The van der Waals surface area contributed by atoms with Gasteiger partial charge in [-0.25, -0.2) is 0 Å². The van der Waals surface area contributed by atoms with E-state index >= 15 is 0 Å². The number of benzene rings is 8. The van der Waals surface area contributed by atoms with Gasteiger partial charge in [0.05, 0.1) is 31.8 Å². The van der Waals surface area contributed by atoms with Gasteiger partial charge in [0.1, 0.15) is 0 Å². The van der Waals surface area contributed by atoms with E-state index in [9.17, 15) is 40.5 Å². The first-order chi connectivity index (χ1) is 42.8. The Kier molecular flexibility index (Phi) is 26.9. The lowest BCUT2D eigenvalue weighted by molar-refractivity contribution is -0.596. The molecule has 12 aromatic rings. The molecule has 0 saturated heterocycles. The third kappa shape index (κ3) is 16.0. The molecule has 97 heavy (non-hydrogen) atoms. The third-order valence-electron chi connectivity index (χ3n) is 16.3. The highest BCUT2D eigenvalue weighted by Gasteiger charge is 2.29. The second kappa shape index (κ2) is 33.3. The molecule has 17 nitrogen and oxygen atoms in total. The van der Waals surface area contributed by atoms with Crippen molar-refractivity contribution in [1.29, 1.82) is 0 Å². The Balaban J connectivity index is 0.000000319. The summed E-state index contributed by atoms with van der Waals surface area (Å²) in [5, 5.41) is 44.4. The van der Waals surface area contributed by atoms with E-state index < -0.39 is 42.4 Å². The largest absolute Gasteiger partial charge is 0.399 e. The predicted molar refractivity (Wildman–Crippen MR) is 395 cm³/mol. The summed E-state index contributed by atoms with van der Waals surface area (Å²) in [6, 6.07) is 68.8. The molecule has 0 amide bonds. The van der Waals surface area contributed by atoms with E-state index in [0.717, 1.165) is 60.3 Å². The summed E-state index contributed by atoms with van der Waals surface area (Å²) in [5.41, 5.74) is 27.9. The number of halogens is 4. The maximum Gasteiger partial charge on any atom is 0.352 e. The number of hydrogen-bond donors (Lipinski definition) is 1. The summed E-state index contributed by atoms with van der Waals surface area (Å²) in [6.45, 7) is 0. The predicted octanol–water partition coefficient (Wildman–Crippen LogP) is 18.3. The molecule has 0 aliphatic heterocycles. The topological polar surface area (TPSA) is 214 Å². The Morgan fingerprint density at radius 3 is 0.794 bits per heavy atom. The zero-order valence-electron chi connectivity index (χ0n) is 48.5. The smallest absolute Gasteiger partial charge is 0.352 e. The second-order valence-electron chi connectivity index (χ2n) is 21.5. The zero-order chi connectivity index (χ0) is 60.6. The maximum atomic E-state index is 11.2. The molecule has 496 valence electrons. The minimum absolute atomic E-state index is 0. The van der Waals surface area contributed by atoms with E-state index in [0.29, 0.717) is 11.4 Å². The Morgan fingerprint density at radius 2 is 0.505 bits per heavy atom. The number of nitrogens with two attached hydrogens (primary N) is 1. The molecular weight excluding hydrogens is 1310 g/mol. The average molecular weight is 1380 g/mol. The quantitative estimate of drug-likeness (QED) is 0.0596. The van der Waals surface area contributed by atoms with Crippen molar-refractivity contribution in [3.05, 3.63) is 336 Å². The number of nitrogens with zero attached hydrogens (tertiary/aromatic N) is 8. The molecule has 2 N–H and O–H groups in total. The van der Waals surface area contributed by atoms with Gasteiger partial charge in [-0.3, -0.25) is 40.5 Å². The Morgan fingerprint density at radius 1 is 0.268 bits per heavy atom. The molecule has 4 heterocycles. The molecule has 0 saturated carbocycles. The fourth-order valence-electron chi connectivity index (χ4n) is 11.9. The van der Waals surface area contributed by atoms with Crippen LogP contribution in [-0.2, 0) is 19.3 Å². The monoisotopic (exact) mass is 1380 g/mol. The molecule has 0 atom stereocenters. The van der Waals surface area contributed by atoms with Crippen molar-refractivity contribution in [3.8, 4) is 78.4 Å². The van der Waals surface area contributed by atoms with Crippen LogP contribution < -0.4 is 24.0 Å². The number of aromatic nitrogens is 4. The highest BCUT2D eigenvalue weighted by molar-refractivity contribution is 5.86. The minimum atomic E-state index is -0.813. The van der Waals surface area contributed by atoms with E-state index in [1.165, 1.54) is 101 Å². The summed E-state index contributed by atoms with van der Waals surface area (Å²) in [5.74, 6) is 0. The van der Waals surface area contributed by atoms with Crippen LogP contribution in [0.2, 0.25) is 0 Å². The van der Waals surface area contributed by atoms with Crippen LogP contribution in [0.25, 0.3) is 78.4 Å². The van der Waals surface area contributed by atoms with Crippen LogP contribution in [0.3, 0.4) is 0 Å². The van der Waals surface area contributed by atoms with E-state index in [2.05, 4.69) is 180 Å². The standard InChI is InChI=1S/C36H26N2.C22H14N6O8.C13H11N.5CH4.4ClH/c1-3-7-33-27(5-1)21-29-23-31(9-11-35(29)33)37-17-13-25(14-18-37)26-15-19-38(20-16-26)32-10-12-36-30(24-32)22-28-6-2-4-8-34(28)36;29-25(30)19-3-1-17(13-21(19)27(33)34)23-9-5-15(6-10-23)16-7-11-24(12-8-16)18-2-4-20(26(31)32)22(14-18)28(35)36;14-11-5-6-13-10(8-11)7-9-3-1-2-4-12(9)13;;;;;;;;;/h1-20,23-24H,21-22H2;1-14H;1-6,8H,7,14H2;5*1H4;4*1H/q2*+2;;;;;;;;;;. The fourth-order valence-corrected chi connectivity index (χ4v) is 11.9. The molecule has 21 heteroatoms. The lowest BCUT2D eigenvalue weighted by atomic mass is 10.1. The van der Waals surface area contributed by atoms with E-state index in [1.807, 2.05) is 6.07 Å². The fraction of sp³-hybridized carbons (Fsp3) is 0.105. The van der Waals surface area contributed by atoms with Crippen molar-refractivity contribution in [2.24, 2.45) is 0 Å². The van der Waals surface area contributed by atoms with Gasteiger partial charge in [-0.15, -0.1) is 49.6 Å². The highest BCUT2D eigenvalue weighted by Crippen LogP contribution is 2.40. The number of anilines is 1. The van der Waals surface area contributed by atoms with Crippen molar-refractivity contribution < 1.29 is 38.0 Å². The Hall–Kier alpha value is -11.1. The SMILES string of the molecule is C.C.C.C.C.Cl.Cl.Cl.Cl.Nc1ccc2c(c1)Cc1ccccc1-2.O=[N+]([O-])c1ccc(-[n+]2ccc(-c3cc[n+](-c4ccc([N+](=O)[O-])c([N+](=O)[O-])c4)cc3)cc2)cc1[N+](=O)[O-].c1ccc2c(c1)Cc1cc(-[n+]3ccc(-c4cc[n+](-c5ccc6c(c5)Cc5ccccc5-6)cc4)cc3)ccc1-2. The Bertz CT molecular complexity index is 4560. The van der Waals surface area contributed by atoms with Gasteiger partial charge >= 0.3 is 22.7 Å². The van der Waals surface area contributed by atoms with Gasteiger partial charge < -0.3 is 5.73 Å². The van der Waals surface area contributed by atoms with Crippen LogP contribution in [0.4, 0.5) is 28.4 Å². The van der Waals surface area contributed by atoms with Crippen molar-refractivity contribution in [2.45, 2.75) is 56.4 Å². The summed E-state index contributed by atoms with van der Waals surface area (Å²) < 4.78 is 7.55. The van der Waals surface area contributed by atoms with Crippen molar-refractivity contribution >= 4 is 78.1 Å². The van der Waals surface area contributed by atoms with Crippen LogP contribution in [0.1, 0.15) is 70.5 Å². The van der Waals surface area contributed by atoms with Crippen molar-refractivity contribution in [2.75, 3.05) is 5.73 Å². The van der Waals surface area contributed by atoms with E-state index in [1.54, 1.807) is 58.2 Å². The normalized spacial score (nSPS) is 10.6. The molecule has 8 aromatic carbocycles. The number of nitrogen functional groups attached to an aromatic ring is 1. The van der Waals surface area contributed by atoms with E-state index in [4.69, 9.17) is 5.73 Å². The first-order valence-corrected chi connectivity index (χ1v) is 28.1. The van der Waals surface area contributed by atoms with Gasteiger partial charge in [0.25, 0.3) is 0 Å². The zero-order valence-corrected chi connectivity index (χ0v) is 51.8. The van der Waals surface area contributed by atoms with E-state index in [-0.39, 0.29) is 86.8 Å². The first-order valence-electron chi connectivity index (χ1n) is 28.1. The molecule has 4 aromatic heterocycles. The van der Waals surface area contributed by atoms with Crippen LogP contribution >= 0.6 is 49.6 Å². The first kappa shape index (κ1) is 78.4. The lowest BCUT2D eigenvalue weighted by Crippen LogP contribution is -2.30. The highest BCUT2D eigenvalue weighted by atomic mass is 35.5. The Labute approximate surface area is 588 Å². The average Bonchev–Trinajstić information content (AvgIpc) is 1.70. The number of pyridine rings is 4. The molecular formula is C76H75Cl4N9O8+4. The van der Waals surface area contributed by atoms with Gasteiger partial charge in [0.2, 0.25) is 22.7 Å². The summed E-state index contributed by atoms with van der Waals surface area (Å²) in [7, 11) is 0. The molecule has 0 unspecified atom stereocenters. The van der Waals surface area contributed by atoms with Crippen LogP contribution in [0.5, 0.6) is 0 Å². The van der Waals surface area contributed by atoms with Crippen LogP contribution in [0, 0.1) is 40.5 Å². The third-order valence-corrected chi connectivity index (χ3v) is 16.3. The second-order valence-corrected chi connectivity index (χ2v) is 21.5. The number of nitro groups is 4. The maximum absolute atomic E-state index is 11.2. The molecule has 3 aliphatic rings. The summed E-state index contributed by atoms with van der Waals surface area (Å²) in [4.78, 5) is 41.2. The van der Waals surface area contributed by atoms with Gasteiger partial charge in [-0.05, 0) is 133 Å². The molecule has 0 radical (unpaired) electrons. The number of nitro benzene ring substituents is 4. The minimum Gasteiger partial charge on any atom is -0.399 e. The van der Waals surface area contributed by atoms with Gasteiger partial charge in [0.15, 0.2) is 49.6 Å². The summed E-state index contributed by atoms with van der Waals surface area (Å²) >= 11 is 0. The van der Waals surface area contributed by atoms with Gasteiger partial charge in [0, 0.05) is 103 Å². The lowest BCUT2D eigenvalue weighted by Gasteiger charge is -2.04. The van der Waals surface area contributed by atoms with Crippen LogP contribution in [0.15, 0.2) is 262 Å². The molecule has 0 spiro atoms. The van der Waals surface area contributed by atoms with Gasteiger partial charge in [-0.1, -0.05) is 116 Å². The van der Waals surface area contributed by atoms with Crippen LogP contribution in [-0.4, -0.2) is 19.7 Å². The van der Waals surface area contributed by atoms with Crippen molar-refractivity contribution in [3.63, 3.8) is 0 Å². The number of rotatable bonds is 10. The van der Waals surface area contributed by atoms with Gasteiger partial charge in [-0.2, -0.15) is 18.3 Å².